The van der Waals surface area contributed by atoms with E-state index in [1.165, 1.54) is 20.5 Å². The van der Waals surface area contributed by atoms with Crippen molar-refractivity contribution in [2.45, 2.75) is 33.3 Å². The molecule has 1 amide bonds. The highest BCUT2D eigenvalue weighted by molar-refractivity contribution is 7.53. The first-order valence-corrected chi connectivity index (χ1v) is 10.5. The number of ether oxygens (including phenoxy) is 2. The minimum absolute atomic E-state index is 0.182. The lowest BCUT2D eigenvalue weighted by Crippen LogP contribution is -2.28. The third-order valence-electron chi connectivity index (χ3n) is 4.21. The summed E-state index contributed by atoms with van der Waals surface area (Å²) in [7, 11) is -0.729. The van der Waals surface area contributed by atoms with Crippen LogP contribution in [0.2, 0.25) is 0 Å². The fourth-order valence-electron chi connectivity index (χ4n) is 2.44. The van der Waals surface area contributed by atoms with E-state index < -0.39 is 25.5 Å². The summed E-state index contributed by atoms with van der Waals surface area (Å²) in [6.45, 7) is 5.42. The van der Waals surface area contributed by atoms with E-state index in [4.69, 9.17) is 18.5 Å². The summed E-state index contributed by atoms with van der Waals surface area (Å²) < 4.78 is 34.7. The number of hydrogen-bond donors (Lipinski definition) is 1. The summed E-state index contributed by atoms with van der Waals surface area (Å²) in [6, 6.07) is 0. The molecule has 3 heterocycles. The number of nitrogens with zero attached hydrogens (tertiary/aromatic N) is 4. The van der Waals surface area contributed by atoms with Crippen LogP contribution in [0.25, 0.3) is 11.2 Å². The van der Waals surface area contributed by atoms with Gasteiger partial charge in [-0.3, -0.25) is 13.9 Å². The van der Waals surface area contributed by atoms with Crippen LogP contribution in [0.5, 0.6) is 0 Å². The number of fused-ring (bicyclic) bond motifs is 1. The third-order valence-corrected chi connectivity index (χ3v) is 5.78. The zero-order chi connectivity index (χ0) is 21.2. The van der Waals surface area contributed by atoms with Crippen LogP contribution in [-0.2, 0) is 27.9 Å². The Morgan fingerprint density at radius 2 is 1.97 bits per heavy atom. The van der Waals surface area contributed by atoms with Crippen molar-refractivity contribution < 1.29 is 27.9 Å². The molecule has 0 radical (unpaired) electrons. The second kappa shape index (κ2) is 8.29. The SMILES string of the molecule is COP(=O)(CO[C@@H]1C=C[C@H](n2cnc3c(NC(=O)C(C)(C)C)ncnc32)O1)OC. The second-order valence-electron chi connectivity index (χ2n) is 7.30. The number of nitrogens with one attached hydrogen (secondary N) is 1. The zero-order valence-electron chi connectivity index (χ0n) is 16.9. The Labute approximate surface area is 168 Å². The van der Waals surface area contributed by atoms with Gasteiger partial charge in [0.1, 0.15) is 6.33 Å². The molecule has 1 aliphatic heterocycles. The average Bonchev–Trinajstić information content (AvgIpc) is 3.32. The van der Waals surface area contributed by atoms with Gasteiger partial charge in [0.15, 0.2) is 35.8 Å². The number of carbonyl (C=O) groups excluding carboxylic acids is 1. The standard InChI is InChI=1S/C17H24N5O6P/c1-17(2,3)16(23)21-14-13-15(19-8-18-14)22(9-20-13)11-6-7-12(28-11)27-10-29(24,25-4)26-5/h6-9,11-12H,10H2,1-5H3,(H,18,19,21,23)/t11-,12+/m1/s1. The number of aromatic nitrogens is 4. The first-order valence-electron chi connectivity index (χ1n) is 8.82. The Morgan fingerprint density at radius 1 is 1.24 bits per heavy atom. The highest BCUT2D eigenvalue weighted by atomic mass is 31.2. The summed E-state index contributed by atoms with van der Waals surface area (Å²) in [5.41, 5.74) is 0.347. The molecule has 3 rings (SSSR count). The van der Waals surface area contributed by atoms with Gasteiger partial charge in [0.2, 0.25) is 5.91 Å². The van der Waals surface area contributed by atoms with Gasteiger partial charge in [0.25, 0.3) is 0 Å². The maximum absolute atomic E-state index is 12.3. The fourth-order valence-corrected chi connectivity index (χ4v) is 3.13. The molecule has 0 spiro atoms. The molecule has 29 heavy (non-hydrogen) atoms. The number of imidazole rings is 1. The lowest BCUT2D eigenvalue weighted by atomic mass is 9.96. The summed E-state index contributed by atoms with van der Waals surface area (Å²) in [4.78, 5) is 25.0. The molecule has 0 unspecified atom stereocenters. The number of amides is 1. The Morgan fingerprint density at radius 3 is 2.62 bits per heavy atom. The van der Waals surface area contributed by atoms with Crippen LogP contribution in [-0.4, -0.2) is 52.3 Å². The molecule has 11 nitrogen and oxygen atoms in total. The molecular formula is C17H24N5O6P. The van der Waals surface area contributed by atoms with Crippen molar-refractivity contribution in [2.75, 3.05) is 25.9 Å². The van der Waals surface area contributed by atoms with E-state index >= 15 is 0 Å². The average molecular weight is 425 g/mol. The highest BCUT2D eigenvalue weighted by Crippen LogP contribution is 2.46. The number of carbonyl (C=O) groups is 1. The highest BCUT2D eigenvalue weighted by Gasteiger charge is 2.29. The van der Waals surface area contributed by atoms with Crippen molar-refractivity contribution in [1.29, 1.82) is 0 Å². The van der Waals surface area contributed by atoms with E-state index in [1.807, 2.05) is 20.8 Å². The summed E-state index contributed by atoms with van der Waals surface area (Å²) in [5, 5.41) is 2.78. The third kappa shape index (κ3) is 4.71. The molecule has 0 saturated heterocycles. The lowest BCUT2D eigenvalue weighted by Gasteiger charge is -2.19. The topological polar surface area (TPSA) is 127 Å². The van der Waals surface area contributed by atoms with Crippen LogP contribution >= 0.6 is 7.60 Å². The quantitative estimate of drug-likeness (QED) is 0.526. The van der Waals surface area contributed by atoms with Crippen molar-refractivity contribution in [3.63, 3.8) is 0 Å². The molecule has 0 bridgehead atoms. The molecule has 158 valence electrons. The second-order valence-corrected chi connectivity index (χ2v) is 9.51. The van der Waals surface area contributed by atoms with E-state index in [0.29, 0.717) is 17.0 Å². The van der Waals surface area contributed by atoms with Gasteiger partial charge in [-0.15, -0.1) is 0 Å². The van der Waals surface area contributed by atoms with Crippen LogP contribution in [0.15, 0.2) is 24.8 Å². The maximum Gasteiger partial charge on any atom is 0.355 e. The number of rotatable bonds is 7. The largest absolute Gasteiger partial charge is 0.355 e. The van der Waals surface area contributed by atoms with Gasteiger partial charge in [-0.1, -0.05) is 20.8 Å². The Balaban J connectivity index is 1.74. The van der Waals surface area contributed by atoms with Crippen molar-refractivity contribution in [3.05, 3.63) is 24.8 Å². The molecular weight excluding hydrogens is 401 g/mol. The van der Waals surface area contributed by atoms with Gasteiger partial charge < -0.3 is 23.8 Å². The van der Waals surface area contributed by atoms with E-state index in [2.05, 4.69) is 20.3 Å². The van der Waals surface area contributed by atoms with Crippen LogP contribution in [0, 0.1) is 5.41 Å². The molecule has 2 aromatic rings. The van der Waals surface area contributed by atoms with Gasteiger partial charge in [-0.2, -0.15) is 0 Å². The monoisotopic (exact) mass is 425 g/mol. The van der Waals surface area contributed by atoms with Crippen LogP contribution in [0.4, 0.5) is 5.82 Å². The minimum Gasteiger partial charge on any atom is -0.336 e. The smallest absolute Gasteiger partial charge is 0.336 e. The van der Waals surface area contributed by atoms with Gasteiger partial charge in [0.05, 0.1) is 6.33 Å². The first kappa shape index (κ1) is 21.5. The first-order chi connectivity index (χ1) is 13.7. The van der Waals surface area contributed by atoms with Gasteiger partial charge in [-0.25, -0.2) is 15.0 Å². The maximum atomic E-state index is 12.3. The van der Waals surface area contributed by atoms with Crippen LogP contribution in [0.3, 0.4) is 0 Å². The predicted molar refractivity (Wildman–Crippen MR) is 104 cm³/mol. The Hall–Kier alpha value is -2.17. The van der Waals surface area contributed by atoms with E-state index in [1.54, 1.807) is 23.0 Å². The van der Waals surface area contributed by atoms with E-state index in [0.717, 1.165) is 0 Å². The van der Waals surface area contributed by atoms with Gasteiger partial charge >= 0.3 is 7.60 Å². The van der Waals surface area contributed by atoms with Crippen LogP contribution < -0.4 is 5.32 Å². The molecule has 1 aliphatic rings. The van der Waals surface area contributed by atoms with Gasteiger partial charge in [0, 0.05) is 19.6 Å². The van der Waals surface area contributed by atoms with Gasteiger partial charge in [-0.05, 0) is 12.2 Å². The zero-order valence-corrected chi connectivity index (χ0v) is 17.8. The molecule has 2 atom stereocenters. The van der Waals surface area contributed by atoms with Crippen LogP contribution in [0.1, 0.15) is 27.0 Å². The van der Waals surface area contributed by atoms with Crippen molar-refractivity contribution in [1.82, 2.24) is 19.5 Å². The molecule has 0 saturated carbocycles. The number of anilines is 1. The fraction of sp³-hybridized carbons (Fsp3) is 0.529. The Kier molecular flexibility index (Phi) is 6.16. The van der Waals surface area contributed by atoms with Crippen molar-refractivity contribution in [2.24, 2.45) is 5.41 Å². The van der Waals surface area contributed by atoms with Crippen molar-refractivity contribution in [3.8, 4) is 0 Å². The van der Waals surface area contributed by atoms with E-state index in [-0.39, 0.29) is 12.3 Å². The predicted octanol–water partition coefficient (Wildman–Crippen LogP) is 2.68. The minimum atomic E-state index is -3.30. The molecule has 0 fully saturated rings. The Bertz CT molecular complexity index is 961. The molecule has 1 N–H and O–H groups in total. The lowest BCUT2D eigenvalue weighted by molar-refractivity contribution is -0.126. The molecule has 2 aromatic heterocycles. The van der Waals surface area contributed by atoms with Crippen molar-refractivity contribution >= 4 is 30.5 Å². The summed E-state index contributed by atoms with van der Waals surface area (Å²) in [5.74, 6) is 0.142. The van der Waals surface area contributed by atoms with E-state index in [9.17, 15) is 9.36 Å². The normalized spacial score (nSPS) is 19.8. The molecule has 0 aromatic carbocycles. The number of hydrogen-bond acceptors (Lipinski definition) is 9. The molecule has 12 heteroatoms. The summed E-state index contributed by atoms with van der Waals surface area (Å²) >= 11 is 0. The molecule has 0 aliphatic carbocycles. The summed E-state index contributed by atoms with van der Waals surface area (Å²) in [6.07, 6.45) is 4.78.